The molecule has 36 heavy (non-hydrogen) atoms. The first-order chi connectivity index (χ1) is 17.2. The molecular weight excluding hydrogens is 440 g/mol. The number of fused-ring (bicyclic) bond motifs is 4. The van der Waals surface area contributed by atoms with Crippen molar-refractivity contribution in [1.29, 1.82) is 0 Å². The summed E-state index contributed by atoms with van der Waals surface area (Å²) in [6, 6.07) is 9.52. The van der Waals surface area contributed by atoms with Gasteiger partial charge in [-0.05, 0) is 110 Å². The summed E-state index contributed by atoms with van der Waals surface area (Å²) in [5.74, 6) is 3.87. The molecule has 198 valence electrons. The highest BCUT2D eigenvalue weighted by molar-refractivity contribution is 5.89. The van der Waals surface area contributed by atoms with Gasteiger partial charge in [0.1, 0.15) is 6.10 Å². The Labute approximate surface area is 220 Å². The number of carbonyl (C=O) groups is 1. The minimum Gasteiger partial charge on any atom is -0.459 e. The Morgan fingerprint density at radius 3 is 2.50 bits per heavy atom. The molecular formula is C34H50O2. The molecule has 1 aromatic carbocycles. The van der Waals surface area contributed by atoms with Crippen molar-refractivity contribution in [2.75, 3.05) is 0 Å². The van der Waals surface area contributed by atoms with E-state index in [1.54, 1.807) is 0 Å². The fourth-order valence-electron chi connectivity index (χ4n) is 9.35. The second kappa shape index (κ2) is 10.3. The molecule has 0 unspecified atom stereocenters. The van der Waals surface area contributed by atoms with Gasteiger partial charge in [0.05, 0.1) is 5.56 Å². The number of hydrogen-bond donors (Lipinski definition) is 0. The lowest BCUT2D eigenvalue weighted by molar-refractivity contribution is -0.0499. The van der Waals surface area contributed by atoms with E-state index in [9.17, 15) is 4.79 Å². The van der Waals surface area contributed by atoms with Crippen molar-refractivity contribution in [3.8, 4) is 0 Å². The van der Waals surface area contributed by atoms with Crippen LogP contribution in [-0.2, 0) is 4.74 Å². The van der Waals surface area contributed by atoms with Crippen LogP contribution in [0.15, 0.2) is 41.5 Å². The van der Waals surface area contributed by atoms with Crippen molar-refractivity contribution in [3.05, 3.63) is 47.0 Å². The summed E-state index contributed by atoms with van der Waals surface area (Å²) in [5.41, 5.74) is 5.31. The Hall–Kier alpha value is -1.57. The van der Waals surface area contributed by atoms with Gasteiger partial charge in [0.15, 0.2) is 0 Å². The minimum absolute atomic E-state index is 0.0846. The lowest BCUT2D eigenvalue weighted by atomic mass is 9.49. The van der Waals surface area contributed by atoms with Gasteiger partial charge in [-0.15, -0.1) is 0 Å². The molecule has 2 nitrogen and oxygen atoms in total. The number of esters is 1. The second-order valence-electron chi connectivity index (χ2n) is 13.9. The van der Waals surface area contributed by atoms with Crippen LogP contribution < -0.4 is 0 Å². The van der Waals surface area contributed by atoms with E-state index in [0.29, 0.717) is 22.3 Å². The Morgan fingerprint density at radius 2 is 1.75 bits per heavy atom. The summed E-state index contributed by atoms with van der Waals surface area (Å²) in [6.45, 7) is 12.5. The lowest BCUT2D eigenvalue weighted by Gasteiger charge is -2.57. The fourth-order valence-corrected chi connectivity index (χ4v) is 9.35. The van der Waals surface area contributed by atoms with Crippen LogP contribution in [0.5, 0.6) is 0 Å². The van der Waals surface area contributed by atoms with Crippen molar-refractivity contribution in [2.24, 2.45) is 40.4 Å². The second-order valence-corrected chi connectivity index (χ2v) is 13.9. The van der Waals surface area contributed by atoms with Gasteiger partial charge in [-0.3, -0.25) is 0 Å². The van der Waals surface area contributed by atoms with E-state index in [1.165, 1.54) is 64.2 Å². The molecule has 0 aromatic heterocycles. The monoisotopic (exact) mass is 490 g/mol. The number of benzene rings is 1. The Balaban J connectivity index is 1.27. The van der Waals surface area contributed by atoms with Crippen molar-refractivity contribution in [3.63, 3.8) is 0 Å². The zero-order chi connectivity index (χ0) is 25.5. The van der Waals surface area contributed by atoms with Gasteiger partial charge in [-0.25, -0.2) is 4.79 Å². The molecule has 0 heterocycles. The Morgan fingerprint density at radius 1 is 0.972 bits per heavy atom. The average molecular weight is 491 g/mol. The van der Waals surface area contributed by atoms with Gasteiger partial charge in [0.2, 0.25) is 0 Å². The highest BCUT2D eigenvalue weighted by Crippen LogP contribution is 2.66. The van der Waals surface area contributed by atoms with Crippen LogP contribution >= 0.6 is 0 Å². The third kappa shape index (κ3) is 4.71. The third-order valence-electron chi connectivity index (χ3n) is 11.4. The van der Waals surface area contributed by atoms with Crippen LogP contribution in [0.25, 0.3) is 0 Å². The molecule has 0 spiro atoms. The van der Waals surface area contributed by atoms with Crippen LogP contribution in [0, 0.1) is 40.4 Å². The van der Waals surface area contributed by atoms with Gasteiger partial charge >= 0.3 is 5.97 Å². The molecule has 2 heteroatoms. The molecule has 3 fully saturated rings. The molecule has 0 aliphatic heterocycles. The summed E-state index contributed by atoms with van der Waals surface area (Å²) >= 11 is 0. The molecule has 4 aliphatic carbocycles. The van der Waals surface area contributed by atoms with Gasteiger partial charge in [0.25, 0.3) is 0 Å². The molecule has 0 N–H and O–H groups in total. The van der Waals surface area contributed by atoms with Crippen LogP contribution in [0.2, 0.25) is 0 Å². The quantitative estimate of drug-likeness (QED) is 0.281. The summed E-state index contributed by atoms with van der Waals surface area (Å²) in [7, 11) is 0. The smallest absolute Gasteiger partial charge is 0.338 e. The van der Waals surface area contributed by atoms with Crippen LogP contribution in [-0.4, -0.2) is 12.1 Å². The molecule has 0 saturated heterocycles. The maximum absolute atomic E-state index is 12.7. The average Bonchev–Trinajstić information content (AvgIpc) is 3.22. The maximum Gasteiger partial charge on any atom is 0.338 e. The lowest BCUT2D eigenvalue weighted by Crippen LogP contribution is -2.48. The minimum atomic E-state index is -0.143. The number of carbonyl (C=O) groups excluding carboxylic acids is 1. The van der Waals surface area contributed by atoms with Gasteiger partial charge in [-0.1, -0.05) is 83.2 Å². The molecule has 1 aromatic rings. The molecule has 0 amide bonds. The van der Waals surface area contributed by atoms with Crippen molar-refractivity contribution in [2.45, 2.75) is 118 Å². The van der Waals surface area contributed by atoms with Crippen molar-refractivity contribution in [1.82, 2.24) is 0 Å². The predicted molar refractivity (Wildman–Crippen MR) is 149 cm³/mol. The number of allylic oxidation sites excluding steroid dienone is 2. The topological polar surface area (TPSA) is 26.3 Å². The van der Waals surface area contributed by atoms with E-state index in [1.807, 2.05) is 41.5 Å². The summed E-state index contributed by atoms with van der Waals surface area (Å²) in [6.07, 6.45) is 15.7. The highest BCUT2D eigenvalue weighted by atomic mass is 16.5. The molecule has 5 rings (SSSR count). The predicted octanol–water partition coefficient (Wildman–Crippen LogP) is 9.40. The standard InChI is InChI=1S/C34H50O2/c1-23(2)10-9-11-24(3)29-16-17-30-28-15-14-26-22-27(36-32(35)25-12-7-6-8-13-25)18-20-33(26,4)31(28)19-21-34(29,30)5/h6-8,12-13,23-24,26-27,29,31H,9-11,14-22H2,1-5H3/t24-,26+,27+,29-,31+,33+,34-/m1/s1. The number of rotatable bonds is 7. The van der Waals surface area contributed by atoms with E-state index in [2.05, 4.69) is 34.6 Å². The first-order valence-corrected chi connectivity index (χ1v) is 15.2. The van der Waals surface area contributed by atoms with Crippen molar-refractivity contribution >= 4 is 5.97 Å². The summed E-state index contributed by atoms with van der Waals surface area (Å²) < 4.78 is 6.03. The van der Waals surface area contributed by atoms with Gasteiger partial charge in [-0.2, -0.15) is 0 Å². The SMILES string of the molecule is CC(C)CCC[C@@H](C)[C@H]1CCC2=C3CC[C@H]4C[C@@H](OC(=O)c5ccccc5)CC[C@]4(C)[C@H]3CC[C@@]21C. The first kappa shape index (κ1) is 26.1. The van der Waals surface area contributed by atoms with Crippen molar-refractivity contribution < 1.29 is 9.53 Å². The van der Waals surface area contributed by atoms with Crippen LogP contribution in [0.1, 0.15) is 122 Å². The highest BCUT2D eigenvalue weighted by Gasteiger charge is 2.56. The fraction of sp³-hybridized carbons (Fsp3) is 0.735. The number of ether oxygens (including phenoxy) is 1. The van der Waals surface area contributed by atoms with E-state index in [4.69, 9.17) is 4.74 Å². The van der Waals surface area contributed by atoms with E-state index < -0.39 is 0 Å². The first-order valence-electron chi connectivity index (χ1n) is 15.2. The van der Waals surface area contributed by atoms with Gasteiger partial charge in [0, 0.05) is 0 Å². The zero-order valence-electron chi connectivity index (χ0n) is 23.7. The molecule has 4 aliphatic rings. The van der Waals surface area contributed by atoms with E-state index >= 15 is 0 Å². The van der Waals surface area contributed by atoms with E-state index in [0.717, 1.165) is 36.5 Å². The van der Waals surface area contributed by atoms with E-state index in [-0.39, 0.29) is 12.1 Å². The summed E-state index contributed by atoms with van der Waals surface area (Å²) in [5, 5.41) is 0. The molecule has 0 bridgehead atoms. The summed E-state index contributed by atoms with van der Waals surface area (Å²) in [4.78, 5) is 12.7. The molecule has 0 radical (unpaired) electrons. The maximum atomic E-state index is 12.7. The Bertz CT molecular complexity index is 961. The van der Waals surface area contributed by atoms with Crippen LogP contribution in [0.3, 0.4) is 0 Å². The normalized spacial score (nSPS) is 36.7. The van der Waals surface area contributed by atoms with Crippen LogP contribution in [0.4, 0.5) is 0 Å². The Kier molecular flexibility index (Phi) is 7.45. The molecule has 3 saturated carbocycles. The number of hydrogen-bond acceptors (Lipinski definition) is 2. The molecule has 7 atom stereocenters. The third-order valence-corrected chi connectivity index (χ3v) is 11.4. The van der Waals surface area contributed by atoms with Gasteiger partial charge < -0.3 is 4.74 Å². The zero-order valence-corrected chi connectivity index (χ0v) is 23.7. The largest absolute Gasteiger partial charge is 0.459 e.